The maximum atomic E-state index is 12.6. The van der Waals surface area contributed by atoms with Crippen molar-refractivity contribution >= 4 is 0 Å². The van der Waals surface area contributed by atoms with E-state index in [1.807, 2.05) is 0 Å². The summed E-state index contributed by atoms with van der Waals surface area (Å²) < 4.78 is 24.8. The van der Waals surface area contributed by atoms with E-state index >= 15 is 0 Å². The molecule has 1 aromatic heterocycles. The summed E-state index contributed by atoms with van der Waals surface area (Å²) in [7, 11) is 0. The first-order valence-corrected chi connectivity index (χ1v) is 6.00. The lowest BCUT2D eigenvalue weighted by atomic mass is 10.2. The summed E-state index contributed by atoms with van der Waals surface area (Å²) in [5.74, 6) is -1.84. The van der Waals surface area contributed by atoms with E-state index in [0.29, 0.717) is 12.1 Å². The number of aliphatic hydroxyl groups is 1. The molecule has 0 aliphatic rings. The van der Waals surface area contributed by atoms with E-state index in [9.17, 15) is 8.78 Å². The molecule has 1 aromatic rings. The minimum absolute atomic E-state index is 0.00593. The van der Waals surface area contributed by atoms with E-state index < -0.39 is 18.0 Å². The van der Waals surface area contributed by atoms with Crippen LogP contribution >= 0.6 is 0 Å². The lowest BCUT2D eigenvalue weighted by molar-refractivity contribution is 0.192. The van der Waals surface area contributed by atoms with Gasteiger partial charge in [0.2, 0.25) is 11.9 Å². The number of aromatic nitrogens is 1. The Hall–Kier alpha value is -1.07. The molecule has 2 N–H and O–H groups in total. The Kier molecular flexibility index (Phi) is 7.62. The van der Waals surface area contributed by atoms with Gasteiger partial charge in [0.1, 0.15) is 0 Å². The molecule has 18 heavy (non-hydrogen) atoms. The third-order valence-corrected chi connectivity index (χ3v) is 1.96. The van der Waals surface area contributed by atoms with E-state index in [1.165, 1.54) is 13.0 Å². The van der Waals surface area contributed by atoms with Crippen molar-refractivity contribution in [2.24, 2.45) is 0 Å². The van der Waals surface area contributed by atoms with Crippen molar-refractivity contribution in [2.75, 3.05) is 0 Å². The van der Waals surface area contributed by atoms with Gasteiger partial charge >= 0.3 is 0 Å². The first-order chi connectivity index (χ1) is 8.23. The Morgan fingerprint density at radius 2 is 1.56 bits per heavy atom. The van der Waals surface area contributed by atoms with Crippen molar-refractivity contribution in [1.29, 1.82) is 0 Å². The Bertz CT molecular complexity index is 349. The normalized spacial score (nSPS) is 12.3. The van der Waals surface area contributed by atoms with Crippen LogP contribution in [0.4, 0.5) is 8.78 Å². The summed E-state index contributed by atoms with van der Waals surface area (Å²) in [4.78, 5) is 2.90. The second kappa shape index (κ2) is 8.11. The van der Waals surface area contributed by atoms with Crippen molar-refractivity contribution in [3.63, 3.8) is 0 Å². The summed E-state index contributed by atoms with van der Waals surface area (Å²) in [6, 6.07) is 3.42. The molecule has 104 valence electrons. The highest BCUT2D eigenvalue weighted by molar-refractivity contribution is 5.13. The Balaban J connectivity index is 0.000000360. The van der Waals surface area contributed by atoms with Crippen LogP contribution in [0.3, 0.4) is 0 Å². The maximum Gasteiger partial charge on any atom is 0.221 e. The zero-order valence-electron chi connectivity index (χ0n) is 11.5. The average Bonchev–Trinajstić information content (AvgIpc) is 2.14. The van der Waals surface area contributed by atoms with Crippen LogP contribution in [-0.2, 0) is 0 Å². The fourth-order valence-electron chi connectivity index (χ4n) is 1.40. The van der Waals surface area contributed by atoms with Crippen LogP contribution in [0.1, 0.15) is 46.3 Å². The van der Waals surface area contributed by atoms with E-state index in [4.69, 9.17) is 5.11 Å². The third-order valence-electron chi connectivity index (χ3n) is 1.96. The Morgan fingerprint density at radius 3 is 1.83 bits per heavy atom. The van der Waals surface area contributed by atoms with Gasteiger partial charge in [0.05, 0.1) is 6.10 Å². The standard InChI is InChI=1S/C7H7F2NO.C6H15N/c1-4(11)5-2-3-6(8)10-7(5)9;1-5(2)7-6(3)4/h2-4,11H,1H3;5-7H,1-4H3. The predicted octanol–water partition coefficient (Wildman–Crippen LogP) is 2.81. The van der Waals surface area contributed by atoms with Crippen LogP contribution in [0.15, 0.2) is 12.1 Å². The molecule has 0 bridgehead atoms. The molecule has 5 heteroatoms. The first kappa shape index (κ1) is 16.9. The quantitative estimate of drug-likeness (QED) is 0.821. The van der Waals surface area contributed by atoms with Crippen molar-refractivity contribution in [3.05, 3.63) is 29.6 Å². The van der Waals surface area contributed by atoms with E-state index in [1.54, 1.807) is 0 Å². The molecular weight excluding hydrogens is 238 g/mol. The smallest absolute Gasteiger partial charge is 0.221 e. The van der Waals surface area contributed by atoms with Gasteiger partial charge in [-0.15, -0.1) is 0 Å². The molecular formula is C13H22F2N2O. The van der Waals surface area contributed by atoms with Crippen LogP contribution in [0.25, 0.3) is 0 Å². The molecule has 0 aromatic carbocycles. The number of hydrogen-bond acceptors (Lipinski definition) is 3. The van der Waals surface area contributed by atoms with Crippen LogP contribution in [0.2, 0.25) is 0 Å². The monoisotopic (exact) mass is 260 g/mol. The van der Waals surface area contributed by atoms with Crippen molar-refractivity contribution in [3.8, 4) is 0 Å². The SMILES string of the molecule is CC(C)NC(C)C.CC(O)c1ccc(F)nc1F. The zero-order valence-corrected chi connectivity index (χ0v) is 11.5. The summed E-state index contributed by atoms with van der Waals surface area (Å²) >= 11 is 0. The van der Waals surface area contributed by atoms with Gasteiger partial charge in [0.15, 0.2) is 0 Å². The van der Waals surface area contributed by atoms with E-state index in [0.717, 1.165) is 6.07 Å². The van der Waals surface area contributed by atoms with Crippen LogP contribution in [-0.4, -0.2) is 22.2 Å². The summed E-state index contributed by atoms with van der Waals surface area (Å²) in [6.07, 6.45) is -0.955. The molecule has 1 atom stereocenters. The van der Waals surface area contributed by atoms with Crippen LogP contribution in [0.5, 0.6) is 0 Å². The molecule has 1 heterocycles. The largest absolute Gasteiger partial charge is 0.389 e. The summed E-state index contributed by atoms with van der Waals surface area (Å²) in [5, 5.41) is 12.2. The summed E-state index contributed by atoms with van der Waals surface area (Å²) in [5.41, 5.74) is 0.00593. The van der Waals surface area contributed by atoms with Gasteiger partial charge in [-0.05, 0) is 19.1 Å². The predicted molar refractivity (Wildman–Crippen MR) is 68.2 cm³/mol. The minimum atomic E-state index is -0.958. The molecule has 0 aliphatic heterocycles. The van der Waals surface area contributed by atoms with Crippen LogP contribution < -0.4 is 5.32 Å². The highest BCUT2D eigenvalue weighted by Crippen LogP contribution is 2.14. The molecule has 0 aliphatic carbocycles. The average molecular weight is 260 g/mol. The van der Waals surface area contributed by atoms with Gasteiger partial charge in [0.25, 0.3) is 0 Å². The number of nitrogens with zero attached hydrogens (tertiary/aromatic N) is 1. The molecule has 0 radical (unpaired) electrons. The molecule has 3 nitrogen and oxygen atoms in total. The van der Waals surface area contributed by atoms with Gasteiger partial charge < -0.3 is 10.4 Å². The topological polar surface area (TPSA) is 45.1 Å². The number of rotatable bonds is 3. The minimum Gasteiger partial charge on any atom is -0.389 e. The molecule has 0 amide bonds. The van der Waals surface area contributed by atoms with Gasteiger partial charge in [0, 0.05) is 17.6 Å². The van der Waals surface area contributed by atoms with Gasteiger partial charge in [-0.25, -0.2) is 0 Å². The van der Waals surface area contributed by atoms with Crippen molar-refractivity contribution in [2.45, 2.75) is 52.8 Å². The Labute approximate surface area is 107 Å². The molecule has 0 fully saturated rings. The maximum absolute atomic E-state index is 12.6. The molecule has 0 spiro atoms. The lowest BCUT2D eigenvalue weighted by Crippen LogP contribution is -2.29. The first-order valence-electron chi connectivity index (χ1n) is 6.00. The summed E-state index contributed by atoms with van der Waals surface area (Å²) in [6.45, 7) is 10.00. The second-order valence-electron chi connectivity index (χ2n) is 4.67. The van der Waals surface area contributed by atoms with E-state index in [2.05, 4.69) is 38.0 Å². The number of nitrogens with one attached hydrogen (secondary N) is 1. The van der Waals surface area contributed by atoms with Gasteiger partial charge in [-0.1, -0.05) is 27.7 Å². The second-order valence-corrected chi connectivity index (χ2v) is 4.67. The van der Waals surface area contributed by atoms with Gasteiger partial charge in [-0.2, -0.15) is 13.8 Å². The fourth-order valence-corrected chi connectivity index (χ4v) is 1.40. The number of pyridine rings is 1. The lowest BCUT2D eigenvalue weighted by Gasteiger charge is -2.10. The Morgan fingerprint density at radius 1 is 1.06 bits per heavy atom. The number of halogens is 2. The molecule has 0 saturated heterocycles. The third kappa shape index (κ3) is 7.29. The van der Waals surface area contributed by atoms with Gasteiger partial charge in [-0.3, -0.25) is 0 Å². The fraction of sp³-hybridized carbons (Fsp3) is 0.615. The molecule has 1 rings (SSSR count). The van der Waals surface area contributed by atoms with Crippen LogP contribution in [0, 0.1) is 11.9 Å². The molecule has 1 unspecified atom stereocenters. The molecule has 0 saturated carbocycles. The van der Waals surface area contributed by atoms with Crippen molar-refractivity contribution in [1.82, 2.24) is 10.3 Å². The van der Waals surface area contributed by atoms with Crippen molar-refractivity contribution < 1.29 is 13.9 Å². The number of hydrogen-bond donors (Lipinski definition) is 2. The zero-order chi connectivity index (χ0) is 14.3. The van der Waals surface area contributed by atoms with E-state index in [-0.39, 0.29) is 5.56 Å². The highest BCUT2D eigenvalue weighted by atomic mass is 19.1. The number of aliphatic hydroxyl groups excluding tert-OH is 1. The highest BCUT2D eigenvalue weighted by Gasteiger charge is 2.09.